The van der Waals surface area contributed by atoms with Crippen molar-refractivity contribution in [2.24, 2.45) is 17.8 Å². The van der Waals surface area contributed by atoms with E-state index in [-0.39, 0.29) is 29.7 Å². The Labute approximate surface area is 197 Å². The van der Waals surface area contributed by atoms with Gasteiger partial charge in [0.2, 0.25) is 5.91 Å². The molecule has 0 radical (unpaired) electrons. The predicted molar refractivity (Wildman–Crippen MR) is 120 cm³/mol. The van der Waals surface area contributed by atoms with Crippen LogP contribution in [0.2, 0.25) is 0 Å². The second-order valence-electron chi connectivity index (χ2n) is 10.4. The van der Waals surface area contributed by atoms with Gasteiger partial charge in [0, 0.05) is 38.4 Å². The number of halogens is 3. The predicted octanol–water partition coefficient (Wildman–Crippen LogP) is 3.40. The summed E-state index contributed by atoms with van der Waals surface area (Å²) in [5.41, 5.74) is -1.52. The molecule has 0 aromatic carbocycles. The number of anilines is 1. The summed E-state index contributed by atoms with van der Waals surface area (Å²) in [6.07, 6.45) is 0.667. The lowest BCUT2D eigenvalue weighted by Crippen LogP contribution is -2.63. The van der Waals surface area contributed by atoms with Crippen molar-refractivity contribution in [1.29, 1.82) is 0 Å². The fraction of sp³-hybridized carbons (Fsp3) is 0.708. The van der Waals surface area contributed by atoms with Gasteiger partial charge in [-0.3, -0.25) is 14.5 Å². The van der Waals surface area contributed by atoms with Crippen molar-refractivity contribution in [3.63, 3.8) is 0 Å². The van der Waals surface area contributed by atoms with E-state index in [0.29, 0.717) is 44.8 Å². The topological polar surface area (TPSA) is 85.8 Å². The molecule has 7 nitrogen and oxygen atoms in total. The van der Waals surface area contributed by atoms with Gasteiger partial charge >= 0.3 is 12.1 Å². The lowest BCUT2D eigenvalue weighted by atomic mass is 9.64. The molecular weight excluding hydrogens is 449 g/mol. The zero-order valence-corrected chi connectivity index (χ0v) is 19.6. The molecule has 1 aromatic heterocycles. The van der Waals surface area contributed by atoms with Gasteiger partial charge in [0.25, 0.3) is 0 Å². The van der Waals surface area contributed by atoms with Crippen molar-refractivity contribution in [3.8, 4) is 0 Å². The third kappa shape index (κ3) is 5.01. The number of carbonyl (C=O) groups excluding carboxylic acids is 1. The first-order valence-corrected chi connectivity index (χ1v) is 12.0. The van der Waals surface area contributed by atoms with E-state index in [4.69, 9.17) is 0 Å². The van der Waals surface area contributed by atoms with E-state index < -0.39 is 23.2 Å². The highest BCUT2D eigenvalue weighted by Crippen LogP contribution is 2.43. The summed E-state index contributed by atoms with van der Waals surface area (Å²) in [4.78, 5) is 32.9. The first kappa shape index (κ1) is 24.8. The molecule has 10 heteroatoms. The summed E-state index contributed by atoms with van der Waals surface area (Å²) in [7, 11) is 0. The van der Waals surface area contributed by atoms with Crippen molar-refractivity contribution >= 4 is 17.7 Å². The molecule has 2 saturated carbocycles. The van der Waals surface area contributed by atoms with Gasteiger partial charge in [0.1, 0.15) is 5.82 Å². The van der Waals surface area contributed by atoms with Crippen LogP contribution in [0.15, 0.2) is 18.3 Å². The molecule has 188 valence electrons. The van der Waals surface area contributed by atoms with Crippen LogP contribution in [0.5, 0.6) is 0 Å². The second kappa shape index (κ2) is 9.36. The van der Waals surface area contributed by atoms with Gasteiger partial charge in [-0.2, -0.15) is 13.2 Å². The van der Waals surface area contributed by atoms with Crippen LogP contribution in [-0.2, 0) is 15.8 Å². The van der Waals surface area contributed by atoms with E-state index in [9.17, 15) is 27.9 Å². The number of piperazine rings is 1. The summed E-state index contributed by atoms with van der Waals surface area (Å²) in [5, 5.41) is 12.7. The Morgan fingerprint density at radius 2 is 1.68 bits per heavy atom. The number of fused-ring (bicyclic) bond motifs is 2. The monoisotopic (exact) mass is 482 g/mol. The Bertz CT molecular complexity index is 884. The Morgan fingerprint density at radius 1 is 1.06 bits per heavy atom. The van der Waals surface area contributed by atoms with Gasteiger partial charge in [-0.1, -0.05) is 6.42 Å². The highest BCUT2D eigenvalue weighted by molar-refractivity contribution is 5.86. The van der Waals surface area contributed by atoms with Gasteiger partial charge in [-0.15, -0.1) is 0 Å². The Kier molecular flexibility index (Phi) is 6.81. The first-order valence-electron chi connectivity index (χ1n) is 12.0. The Morgan fingerprint density at radius 3 is 2.18 bits per heavy atom. The van der Waals surface area contributed by atoms with Gasteiger partial charge in [-0.05, 0) is 63.5 Å². The maximum Gasteiger partial charge on any atom is 0.417 e. The molecular formula is C24H33F3N4O3. The first-order chi connectivity index (χ1) is 16.0. The smallest absolute Gasteiger partial charge is 0.417 e. The zero-order chi connectivity index (χ0) is 24.7. The van der Waals surface area contributed by atoms with Crippen LogP contribution >= 0.6 is 0 Å². The van der Waals surface area contributed by atoms with Gasteiger partial charge in [-0.25, -0.2) is 4.98 Å². The number of pyridine rings is 1. The third-order valence-electron chi connectivity index (χ3n) is 8.01. The number of nitrogens with one attached hydrogen (secondary N) is 1. The van der Waals surface area contributed by atoms with Crippen LogP contribution in [0.4, 0.5) is 19.0 Å². The molecule has 1 amide bonds. The number of carbonyl (C=O) groups is 2. The maximum absolute atomic E-state index is 13.4. The number of hydrogen-bond donors (Lipinski definition) is 2. The highest BCUT2D eigenvalue weighted by atomic mass is 19.4. The number of amides is 1. The third-order valence-corrected chi connectivity index (χ3v) is 8.01. The normalized spacial score (nSPS) is 28.4. The lowest BCUT2D eigenvalue weighted by molar-refractivity contribution is -0.145. The molecule has 1 aromatic rings. The van der Waals surface area contributed by atoms with Crippen molar-refractivity contribution in [3.05, 3.63) is 23.9 Å². The Balaban J connectivity index is 1.35. The quantitative estimate of drug-likeness (QED) is 0.669. The van der Waals surface area contributed by atoms with Gasteiger partial charge in [0.05, 0.1) is 17.0 Å². The molecule has 34 heavy (non-hydrogen) atoms. The average Bonchev–Trinajstić information content (AvgIpc) is 2.78. The molecule has 4 rings (SSSR count). The van der Waals surface area contributed by atoms with E-state index >= 15 is 0 Å². The fourth-order valence-corrected chi connectivity index (χ4v) is 5.89. The lowest BCUT2D eigenvalue weighted by Gasteiger charge is -2.48. The molecule has 3 fully saturated rings. The van der Waals surface area contributed by atoms with E-state index in [0.717, 1.165) is 31.5 Å². The van der Waals surface area contributed by atoms with Crippen LogP contribution in [0.25, 0.3) is 0 Å². The minimum absolute atomic E-state index is 0.0220. The molecule has 1 aliphatic heterocycles. The number of rotatable bonds is 5. The van der Waals surface area contributed by atoms with E-state index in [2.05, 4.69) is 15.2 Å². The van der Waals surface area contributed by atoms with Crippen molar-refractivity contribution < 1.29 is 27.9 Å². The van der Waals surface area contributed by atoms with Crippen LogP contribution in [-0.4, -0.2) is 64.6 Å². The van der Waals surface area contributed by atoms with Crippen molar-refractivity contribution in [2.75, 3.05) is 31.1 Å². The average molecular weight is 483 g/mol. The Hall–Kier alpha value is -2.36. The molecule has 2 unspecified atom stereocenters. The molecule has 2 N–H and O–H groups in total. The molecule has 2 bridgehead atoms. The summed E-state index contributed by atoms with van der Waals surface area (Å²) in [5.74, 6) is -0.195. The second-order valence-corrected chi connectivity index (χ2v) is 10.4. The largest absolute Gasteiger partial charge is 0.481 e. The van der Waals surface area contributed by atoms with Crippen molar-refractivity contribution in [1.82, 2.24) is 15.2 Å². The molecule has 2 heterocycles. The zero-order valence-electron chi connectivity index (χ0n) is 19.6. The SMILES string of the molecule is CC(C)(C(=O)NC1C2CCCC1CC(C(=O)O)C2)N1CCN(c2ccc(C(F)(F)F)cn2)CC1. The number of carboxylic acids is 1. The molecule has 2 aliphatic carbocycles. The molecule has 2 atom stereocenters. The molecule has 3 aliphatic rings. The maximum atomic E-state index is 13.4. The molecule has 0 spiro atoms. The van der Waals surface area contributed by atoms with Crippen molar-refractivity contribution in [2.45, 2.75) is 63.7 Å². The van der Waals surface area contributed by atoms with E-state index in [1.54, 1.807) is 0 Å². The highest BCUT2D eigenvalue weighted by Gasteiger charge is 2.45. The van der Waals surface area contributed by atoms with E-state index in [1.165, 1.54) is 6.07 Å². The number of hydrogen-bond acceptors (Lipinski definition) is 5. The van der Waals surface area contributed by atoms with Crippen LogP contribution < -0.4 is 10.2 Å². The number of aliphatic carboxylic acids is 1. The minimum atomic E-state index is -4.41. The number of aromatic nitrogens is 1. The molecule has 1 saturated heterocycles. The van der Waals surface area contributed by atoms with E-state index in [1.807, 2.05) is 18.7 Å². The van der Waals surface area contributed by atoms with Crippen LogP contribution in [0.3, 0.4) is 0 Å². The standard InChI is InChI=1S/C24H33F3N4O3/c1-23(2,22(34)29-20-15-4-3-5-16(20)13-17(12-15)21(32)33)31-10-8-30(9-11-31)19-7-6-18(14-28-19)24(25,26)27/h6-7,14-17,20H,3-5,8-13H2,1-2H3,(H,29,34)(H,32,33). The number of carboxylic acid groups (broad SMARTS) is 1. The summed E-state index contributed by atoms with van der Waals surface area (Å²) >= 11 is 0. The summed E-state index contributed by atoms with van der Waals surface area (Å²) < 4.78 is 38.4. The minimum Gasteiger partial charge on any atom is -0.481 e. The number of alkyl halides is 3. The summed E-state index contributed by atoms with van der Waals surface area (Å²) in [6, 6.07) is 2.46. The van der Waals surface area contributed by atoms with Gasteiger partial charge in [0.15, 0.2) is 0 Å². The van der Waals surface area contributed by atoms with Crippen LogP contribution in [0.1, 0.15) is 51.5 Å². The van der Waals surface area contributed by atoms with Crippen LogP contribution in [0, 0.1) is 17.8 Å². The fourth-order valence-electron chi connectivity index (χ4n) is 5.89. The summed E-state index contributed by atoms with van der Waals surface area (Å²) in [6.45, 7) is 6.08. The number of nitrogens with zero attached hydrogens (tertiary/aromatic N) is 3. The van der Waals surface area contributed by atoms with Gasteiger partial charge < -0.3 is 15.3 Å².